The number of hydrogen-bond donors (Lipinski definition) is 2. The smallest absolute Gasteiger partial charge is 0.261 e. The molecule has 0 saturated carbocycles. The highest BCUT2D eigenvalue weighted by atomic mass is 32.1. The standard InChI is InChI=1S/C19H22N4OS.C3H6/c1-5-7-8-14(6-2)13(3)22-18(24)17-10-9-16(25-17)15-11-12-21-19(20-4)23-15;1-3-2/h5-13H,1H2,2-4H3,(H,22,24)(H,20,21,23);3H,1H2,2H3/b8-7-,14-6+;/t13-;/m1./s1. The first kappa shape index (κ1) is 23.0. The maximum atomic E-state index is 12.5. The summed E-state index contributed by atoms with van der Waals surface area (Å²) in [5.74, 6) is 0.454. The van der Waals surface area contributed by atoms with Crippen LogP contribution < -0.4 is 10.6 Å². The topological polar surface area (TPSA) is 66.9 Å². The number of carbonyl (C=O) groups excluding carboxylic acids is 1. The molecule has 0 aliphatic rings. The van der Waals surface area contributed by atoms with Crippen molar-refractivity contribution in [3.8, 4) is 10.6 Å². The minimum atomic E-state index is -0.0991. The second-order valence-electron chi connectivity index (χ2n) is 5.67. The minimum Gasteiger partial charge on any atom is -0.357 e. The van der Waals surface area contributed by atoms with Gasteiger partial charge in [-0.05, 0) is 44.5 Å². The molecule has 2 aromatic rings. The summed E-state index contributed by atoms with van der Waals surface area (Å²) in [5, 5.41) is 5.93. The van der Waals surface area contributed by atoms with E-state index in [1.165, 1.54) is 11.3 Å². The molecule has 6 heteroatoms. The van der Waals surface area contributed by atoms with Crippen molar-refractivity contribution >= 4 is 23.2 Å². The molecule has 1 amide bonds. The fourth-order valence-corrected chi connectivity index (χ4v) is 3.11. The zero-order valence-electron chi connectivity index (χ0n) is 16.9. The lowest BCUT2D eigenvalue weighted by Gasteiger charge is -2.14. The summed E-state index contributed by atoms with van der Waals surface area (Å²) in [6, 6.07) is 5.46. The summed E-state index contributed by atoms with van der Waals surface area (Å²) < 4.78 is 0. The van der Waals surface area contributed by atoms with Crippen LogP contribution >= 0.6 is 11.3 Å². The maximum absolute atomic E-state index is 12.5. The van der Waals surface area contributed by atoms with E-state index < -0.39 is 0 Å². The monoisotopic (exact) mass is 396 g/mol. The number of anilines is 1. The van der Waals surface area contributed by atoms with Crippen LogP contribution in [-0.2, 0) is 0 Å². The second-order valence-corrected chi connectivity index (χ2v) is 6.75. The Labute approximate surface area is 171 Å². The summed E-state index contributed by atoms with van der Waals surface area (Å²) in [6.07, 6.45) is 10.9. The molecule has 0 aromatic carbocycles. The average Bonchev–Trinajstić information content (AvgIpc) is 3.19. The Hall–Kier alpha value is -2.99. The first-order chi connectivity index (χ1) is 13.5. The van der Waals surface area contributed by atoms with Crippen molar-refractivity contribution in [3.63, 3.8) is 0 Å². The number of nitrogens with zero attached hydrogens (tertiary/aromatic N) is 2. The van der Waals surface area contributed by atoms with Crippen LogP contribution in [0.1, 0.15) is 30.4 Å². The zero-order valence-corrected chi connectivity index (χ0v) is 17.7. The quantitative estimate of drug-likeness (QED) is 0.496. The van der Waals surface area contributed by atoms with Crippen molar-refractivity contribution in [2.75, 3.05) is 12.4 Å². The number of thiophene rings is 1. The predicted octanol–water partition coefficient (Wildman–Crippen LogP) is 5.25. The van der Waals surface area contributed by atoms with Crippen molar-refractivity contribution in [1.29, 1.82) is 0 Å². The molecule has 0 bridgehead atoms. The third kappa shape index (κ3) is 6.96. The Morgan fingerprint density at radius 1 is 1.25 bits per heavy atom. The third-order valence-electron chi connectivity index (χ3n) is 3.57. The lowest BCUT2D eigenvalue weighted by Crippen LogP contribution is -2.33. The SMILES string of the molecule is C=C/C=C\C(=C/C)[C@@H](C)NC(=O)c1ccc(-c2ccnc(NC)n2)s1.C=CC. The van der Waals surface area contributed by atoms with Crippen molar-refractivity contribution in [2.45, 2.75) is 26.8 Å². The fraction of sp³-hybridized carbons (Fsp3) is 0.227. The van der Waals surface area contributed by atoms with E-state index in [1.807, 2.05) is 57.2 Å². The second kappa shape index (κ2) is 12.4. The van der Waals surface area contributed by atoms with Gasteiger partial charge in [0, 0.05) is 13.2 Å². The van der Waals surface area contributed by atoms with E-state index in [0.29, 0.717) is 10.8 Å². The molecule has 0 spiro atoms. The lowest BCUT2D eigenvalue weighted by molar-refractivity contribution is 0.0950. The Morgan fingerprint density at radius 2 is 1.96 bits per heavy atom. The molecule has 1 atom stereocenters. The Bertz CT molecular complexity index is 852. The van der Waals surface area contributed by atoms with Gasteiger partial charge in [-0.3, -0.25) is 4.79 Å². The normalized spacial score (nSPS) is 11.9. The van der Waals surface area contributed by atoms with Crippen molar-refractivity contribution in [2.24, 2.45) is 0 Å². The number of rotatable bonds is 7. The minimum absolute atomic E-state index is 0.0887. The molecule has 0 radical (unpaired) electrons. The van der Waals surface area contributed by atoms with Gasteiger partial charge in [0.15, 0.2) is 0 Å². The van der Waals surface area contributed by atoms with Crippen LogP contribution in [0, 0.1) is 0 Å². The van der Waals surface area contributed by atoms with E-state index in [4.69, 9.17) is 0 Å². The summed E-state index contributed by atoms with van der Waals surface area (Å²) in [4.78, 5) is 22.6. The molecule has 0 aliphatic heterocycles. The summed E-state index contributed by atoms with van der Waals surface area (Å²) in [5.41, 5.74) is 1.82. The lowest BCUT2D eigenvalue weighted by atomic mass is 10.1. The molecule has 28 heavy (non-hydrogen) atoms. The predicted molar refractivity (Wildman–Crippen MR) is 121 cm³/mol. The Balaban J connectivity index is 0.00000122. The molecule has 2 heterocycles. The highest BCUT2D eigenvalue weighted by Crippen LogP contribution is 2.27. The van der Waals surface area contributed by atoms with Gasteiger partial charge in [-0.2, -0.15) is 0 Å². The van der Waals surface area contributed by atoms with Gasteiger partial charge in [0.05, 0.1) is 21.5 Å². The number of carbonyl (C=O) groups is 1. The summed E-state index contributed by atoms with van der Waals surface area (Å²) in [6.45, 7) is 12.8. The molecule has 0 fully saturated rings. The molecule has 2 rings (SSSR count). The fourth-order valence-electron chi connectivity index (χ4n) is 2.23. The van der Waals surface area contributed by atoms with E-state index in [-0.39, 0.29) is 11.9 Å². The van der Waals surface area contributed by atoms with Crippen molar-refractivity contribution in [1.82, 2.24) is 15.3 Å². The van der Waals surface area contributed by atoms with Crippen LogP contribution in [0.3, 0.4) is 0 Å². The molecule has 0 aliphatic carbocycles. The number of allylic oxidation sites excluding steroid dienone is 4. The van der Waals surface area contributed by atoms with Gasteiger partial charge in [-0.1, -0.05) is 37.0 Å². The molecule has 5 nitrogen and oxygen atoms in total. The Kier molecular flexibility index (Phi) is 10.2. The number of hydrogen-bond acceptors (Lipinski definition) is 5. The Morgan fingerprint density at radius 3 is 2.57 bits per heavy atom. The first-order valence-electron chi connectivity index (χ1n) is 8.94. The molecule has 0 saturated heterocycles. The molecular weight excluding hydrogens is 368 g/mol. The van der Waals surface area contributed by atoms with Crippen LogP contribution in [0.5, 0.6) is 0 Å². The molecule has 0 unspecified atom stereocenters. The molecule has 148 valence electrons. The summed E-state index contributed by atoms with van der Waals surface area (Å²) in [7, 11) is 1.77. The highest BCUT2D eigenvalue weighted by molar-refractivity contribution is 7.17. The van der Waals surface area contributed by atoms with Gasteiger partial charge < -0.3 is 10.6 Å². The molecular formula is C22H28N4OS. The number of nitrogens with one attached hydrogen (secondary N) is 2. The van der Waals surface area contributed by atoms with Crippen molar-refractivity contribution < 1.29 is 4.79 Å². The molecule has 2 aromatic heterocycles. The van der Waals surface area contributed by atoms with Gasteiger partial charge in [0.2, 0.25) is 5.95 Å². The van der Waals surface area contributed by atoms with Gasteiger partial charge >= 0.3 is 0 Å². The molecule has 2 N–H and O–H groups in total. The highest BCUT2D eigenvalue weighted by Gasteiger charge is 2.15. The van der Waals surface area contributed by atoms with E-state index in [2.05, 4.69) is 33.8 Å². The van der Waals surface area contributed by atoms with Gasteiger partial charge in [0.25, 0.3) is 5.91 Å². The van der Waals surface area contributed by atoms with Crippen molar-refractivity contribution in [3.05, 3.63) is 78.4 Å². The largest absolute Gasteiger partial charge is 0.357 e. The summed E-state index contributed by atoms with van der Waals surface area (Å²) >= 11 is 1.41. The van der Waals surface area contributed by atoms with Crippen LogP contribution in [0.15, 0.2) is 73.5 Å². The van der Waals surface area contributed by atoms with E-state index in [1.54, 1.807) is 25.4 Å². The van der Waals surface area contributed by atoms with E-state index >= 15 is 0 Å². The number of amides is 1. The van der Waals surface area contributed by atoms with Crippen LogP contribution in [-0.4, -0.2) is 29.0 Å². The third-order valence-corrected chi connectivity index (χ3v) is 4.67. The van der Waals surface area contributed by atoms with Crippen LogP contribution in [0.2, 0.25) is 0 Å². The average molecular weight is 397 g/mol. The van der Waals surface area contributed by atoms with E-state index in [0.717, 1.165) is 16.1 Å². The number of aromatic nitrogens is 2. The maximum Gasteiger partial charge on any atom is 0.261 e. The van der Waals surface area contributed by atoms with Crippen LogP contribution in [0.4, 0.5) is 5.95 Å². The van der Waals surface area contributed by atoms with E-state index in [9.17, 15) is 4.79 Å². The van der Waals surface area contributed by atoms with Crippen LogP contribution in [0.25, 0.3) is 10.6 Å². The van der Waals surface area contributed by atoms with Gasteiger partial charge in [0.1, 0.15) is 0 Å². The zero-order chi connectivity index (χ0) is 20.9. The van der Waals surface area contributed by atoms with Gasteiger partial charge in [-0.15, -0.1) is 17.9 Å². The first-order valence-corrected chi connectivity index (χ1v) is 9.76. The van der Waals surface area contributed by atoms with Gasteiger partial charge in [-0.25, -0.2) is 9.97 Å².